The summed E-state index contributed by atoms with van der Waals surface area (Å²) in [5.41, 5.74) is 2.39. The number of aromatic nitrogens is 2. The summed E-state index contributed by atoms with van der Waals surface area (Å²) in [5.74, 6) is 0.599. The molecule has 0 spiro atoms. The van der Waals surface area contributed by atoms with Gasteiger partial charge in [-0.2, -0.15) is 4.98 Å². The average Bonchev–Trinajstić information content (AvgIpc) is 2.87. The van der Waals surface area contributed by atoms with Gasteiger partial charge in [-0.25, -0.2) is 0 Å². The van der Waals surface area contributed by atoms with E-state index < -0.39 is 0 Å². The van der Waals surface area contributed by atoms with Gasteiger partial charge in [-0.15, -0.1) is 0 Å². The minimum Gasteiger partial charge on any atom is -0.508 e. The van der Waals surface area contributed by atoms with Crippen molar-refractivity contribution in [1.29, 1.82) is 0 Å². The zero-order chi connectivity index (χ0) is 14.1. The molecule has 100 valence electrons. The summed E-state index contributed by atoms with van der Waals surface area (Å²) >= 11 is 0. The molecule has 0 aliphatic rings. The van der Waals surface area contributed by atoms with E-state index in [0.29, 0.717) is 11.4 Å². The molecule has 3 aromatic rings. The molecule has 0 aliphatic heterocycles. The third-order valence-corrected chi connectivity index (χ3v) is 2.96. The number of phenols is 2. The Kier molecular flexibility index (Phi) is 2.87. The van der Waals surface area contributed by atoms with E-state index in [4.69, 9.17) is 4.52 Å². The number of rotatable bonds is 2. The van der Waals surface area contributed by atoms with Crippen molar-refractivity contribution in [2.24, 2.45) is 0 Å². The highest BCUT2D eigenvalue weighted by Crippen LogP contribution is 2.29. The summed E-state index contributed by atoms with van der Waals surface area (Å²) in [6, 6.07) is 11.9. The standard InChI is InChI=1S/C15H12N2O3/c1-9-4-2-3-5-13(9)14-16-15(20-17-14)10-6-11(18)8-12(19)7-10/h2-8,18-19H,1H3. The number of aryl methyl sites for hydroxylation is 1. The van der Waals surface area contributed by atoms with E-state index in [-0.39, 0.29) is 17.4 Å². The van der Waals surface area contributed by atoms with Gasteiger partial charge in [-0.05, 0) is 24.6 Å². The van der Waals surface area contributed by atoms with Gasteiger partial charge in [0.05, 0.1) is 0 Å². The van der Waals surface area contributed by atoms with E-state index in [2.05, 4.69) is 10.1 Å². The molecule has 20 heavy (non-hydrogen) atoms. The first kappa shape index (κ1) is 12.2. The third kappa shape index (κ3) is 2.21. The summed E-state index contributed by atoms with van der Waals surface area (Å²) < 4.78 is 5.19. The van der Waals surface area contributed by atoms with E-state index in [1.54, 1.807) is 0 Å². The monoisotopic (exact) mass is 268 g/mol. The average molecular weight is 268 g/mol. The largest absolute Gasteiger partial charge is 0.508 e. The van der Waals surface area contributed by atoms with Gasteiger partial charge in [0.2, 0.25) is 5.82 Å². The first-order valence-corrected chi connectivity index (χ1v) is 6.06. The number of aromatic hydroxyl groups is 2. The van der Waals surface area contributed by atoms with Crippen LogP contribution in [0.3, 0.4) is 0 Å². The molecule has 2 aromatic carbocycles. The van der Waals surface area contributed by atoms with Crippen molar-refractivity contribution in [2.75, 3.05) is 0 Å². The van der Waals surface area contributed by atoms with Crippen molar-refractivity contribution < 1.29 is 14.7 Å². The molecule has 0 radical (unpaired) electrons. The quantitative estimate of drug-likeness (QED) is 0.746. The zero-order valence-electron chi connectivity index (χ0n) is 10.7. The summed E-state index contributed by atoms with van der Waals surface area (Å²) in [5, 5.41) is 22.9. The first-order valence-electron chi connectivity index (χ1n) is 6.06. The molecular formula is C15H12N2O3. The first-order chi connectivity index (χ1) is 9.63. The van der Waals surface area contributed by atoms with Crippen LogP contribution < -0.4 is 0 Å². The van der Waals surface area contributed by atoms with Crippen LogP contribution in [0.15, 0.2) is 47.0 Å². The van der Waals surface area contributed by atoms with Gasteiger partial charge in [0.1, 0.15) is 11.5 Å². The highest BCUT2D eigenvalue weighted by atomic mass is 16.5. The van der Waals surface area contributed by atoms with Crippen molar-refractivity contribution in [3.8, 4) is 34.3 Å². The molecule has 5 heteroatoms. The summed E-state index contributed by atoms with van der Waals surface area (Å²) in [7, 11) is 0. The van der Waals surface area contributed by atoms with Gasteiger partial charge in [0, 0.05) is 17.2 Å². The Morgan fingerprint density at radius 3 is 2.40 bits per heavy atom. The van der Waals surface area contributed by atoms with Crippen molar-refractivity contribution >= 4 is 0 Å². The molecule has 0 amide bonds. The lowest BCUT2D eigenvalue weighted by Gasteiger charge is -1.99. The minimum absolute atomic E-state index is 0.0596. The lowest BCUT2D eigenvalue weighted by atomic mass is 10.1. The molecule has 0 unspecified atom stereocenters. The van der Waals surface area contributed by atoms with Crippen LogP contribution in [-0.2, 0) is 0 Å². The van der Waals surface area contributed by atoms with Gasteiger partial charge in [0.25, 0.3) is 5.89 Å². The molecule has 0 saturated carbocycles. The Labute approximate surface area is 115 Å². The Hall–Kier alpha value is -2.82. The van der Waals surface area contributed by atoms with Crippen molar-refractivity contribution in [1.82, 2.24) is 10.1 Å². The Balaban J connectivity index is 2.04. The van der Waals surface area contributed by atoms with Gasteiger partial charge in [-0.3, -0.25) is 0 Å². The predicted octanol–water partition coefficient (Wildman–Crippen LogP) is 3.12. The fourth-order valence-electron chi connectivity index (χ4n) is 1.99. The minimum atomic E-state index is -0.0596. The van der Waals surface area contributed by atoms with Crippen LogP contribution in [0.2, 0.25) is 0 Å². The van der Waals surface area contributed by atoms with Crippen LogP contribution in [0, 0.1) is 6.92 Å². The number of hydrogen-bond donors (Lipinski definition) is 2. The van der Waals surface area contributed by atoms with E-state index in [9.17, 15) is 10.2 Å². The molecule has 0 atom stereocenters. The van der Waals surface area contributed by atoms with Gasteiger partial charge in [-0.1, -0.05) is 29.4 Å². The second kappa shape index (κ2) is 4.70. The fraction of sp³-hybridized carbons (Fsp3) is 0.0667. The van der Waals surface area contributed by atoms with Crippen LogP contribution in [-0.4, -0.2) is 20.4 Å². The molecular weight excluding hydrogens is 256 g/mol. The maximum absolute atomic E-state index is 9.47. The molecule has 5 nitrogen and oxygen atoms in total. The summed E-state index contributed by atoms with van der Waals surface area (Å²) in [6.07, 6.45) is 0. The third-order valence-electron chi connectivity index (χ3n) is 2.96. The van der Waals surface area contributed by atoms with Crippen LogP contribution in [0.4, 0.5) is 0 Å². The van der Waals surface area contributed by atoms with Crippen molar-refractivity contribution in [3.05, 3.63) is 48.0 Å². The van der Waals surface area contributed by atoms with E-state index in [1.165, 1.54) is 18.2 Å². The predicted molar refractivity (Wildman–Crippen MR) is 73.2 cm³/mol. The molecule has 0 fully saturated rings. The van der Waals surface area contributed by atoms with Gasteiger partial charge in [0.15, 0.2) is 0 Å². The van der Waals surface area contributed by atoms with E-state index in [0.717, 1.165) is 11.1 Å². The van der Waals surface area contributed by atoms with Gasteiger partial charge >= 0.3 is 0 Å². The molecule has 2 N–H and O–H groups in total. The number of phenolic OH excluding ortho intramolecular Hbond substituents is 2. The maximum atomic E-state index is 9.47. The number of nitrogens with zero attached hydrogens (tertiary/aromatic N) is 2. The van der Waals surface area contributed by atoms with E-state index >= 15 is 0 Å². The Morgan fingerprint density at radius 1 is 1.00 bits per heavy atom. The molecule has 0 saturated heterocycles. The number of benzene rings is 2. The molecule has 1 aromatic heterocycles. The number of hydrogen-bond acceptors (Lipinski definition) is 5. The van der Waals surface area contributed by atoms with Crippen LogP contribution >= 0.6 is 0 Å². The molecule has 0 aliphatic carbocycles. The topological polar surface area (TPSA) is 79.4 Å². The second-order valence-electron chi connectivity index (χ2n) is 4.48. The summed E-state index contributed by atoms with van der Waals surface area (Å²) in [4.78, 5) is 4.29. The smallest absolute Gasteiger partial charge is 0.258 e. The van der Waals surface area contributed by atoms with Crippen LogP contribution in [0.25, 0.3) is 22.8 Å². The lowest BCUT2D eigenvalue weighted by Crippen LogP contribution is -1.85. The van der Waals surface area contributed by atoms with Crippen LogP contribution in [0.5, 0.6) is 11.5 Å². The summed E-state index contributed by atoms with van der Waals surface area (Å²) in [6.45, 7) is 1.96. The zero-order valence-corrected chi connectivity index (χ0v) is 10.7. The Morgan fingerprint density at radius 2 is 1.70 bits per heavy atom. The van der Waals surface area contributed by atoms with Gasteiger partial charge < -0.3 is 14.7 Å². The molecule has 1 heterocycles. The van der Waals surface area contributed by atoms with Crippen molar-refractivity contribution in [2.45, 2.75) is 6.92 Å². The highest BCUT2D eigenvalue weighted by molar-refractivity contribution is 5.64. The van der Waals surface area contributed by atoms with Crippen molar-refractivity contribution in [3.63, 3.8) is 0 Å². The molecule has 0 bridgehead atoms. The second-order valence-corrected chi connectivity index (χ2v) is 4.48. The molecule has 3 rings (SSSR count). The lowest BCUT2D eigenvalue weighted by molar-refractivity contribution is 0.428. The highest BCUT2D eigenvalue weighted by Gasteiger charge is 2.13. The Bertz CT molecular complexity index is 745. The normalized spacial score (nSPS) is 10.7. The van der Waals surface area contributed by atoms with E-state index in [1.807, 2.05) is 31.2 Å². The SMILES string of the molecule is Cc1ccccc1-c1noc(-c2cc(O)cc(O)c2)n1. The van der Waals surface area contributed by atoms with Crippen LogP contribution in [0.1, 0.15) is 5.56 Å². The fourth-order valence-corrected chi connectivity index (χ4v) is 1.99. The maximum Gasteiger partial charge on any atom is 0.258 e.